The van der Waals surface area contributed by atoms with E-state index in [0.717, 1.165) is 9.13 Å². The van der Waals surface area contributed by atoms with Crippen LogP contribution >= 0.6 is 46.4 Å². The SMILES string of the molecule is COC(=O)C(Cc1ccc(-n2c(=O)c3ccccc3n(C)c2=O)cc1)NC(=O)c1c(Cl)cccc1Cl.Cn1c(=O)n(-c2ccc(C[C@H](NC(=O)c3c(Cl)cccc3Cl)C(=O)O)cc2)c(=O)c2ccccc21. The number of benzene rings is 6. The molecule has 0 spiro atoms. The average molecular weight is 1040 g/mol. The summed E-state index contributed by atoms with van der Waals surface area (Å²) in [5.74, 6) is -3.24. The van der Waals surface area contributed by atoms with E-state index in [-0.39, 0.29) is 44.1 Å². The molecule has 0 aliphatic heterocycles. The molecule has 71 heavy (non-hydrogen) atoms. The number of carbonyl (C=O) groups excluding carboxylic acids is 3. The highest BCUT2D eigenvalue weighted by atomic mass is 35.5. The zero-order valence-electron chi connectivity index (χ0n) is 37.7. The number of carbonyl (C=O) groups is 4. The van der Waals surface area contributed by atoms with Gasteiger partial charge < -0.3 is 20.5 Å². The molecule has 0 aliphatic rings. The minimum atomic E-state index is -1.27. The number of aromatic nitrogens is 4. The molecule has 2 amide bonds. The predicted molar refractivity (Wildman–Crippen MR) is 272 cm³/mol. The van der Waals surface area contributed by atoms with Gasteiger partial charge in [0, 0.05) is 26.9 Å². The number of nitrogens with zero attached hydrogens (tertiary/aromatic N) is 4. The summed E-state index contributed by atoms with van der Waals surface area (Å²) < 4.78 is 9.80. The smallest absolute Gasteiger partial charge is 0.335 e. The first-order valence-corrected chi connectivity index (χ1v) is 22.8. The first kappa shape index (κ1) is 51.1. The van der Waals surface area contributed by atoms with Crippen LogP contribution < -0.4 is 33.1 Å². The summed E-state index contributed by atoms with van der Waals surface area (Å²) in [7, 11) is 4.40. The number of amides is 2. The average Bonchev–Trinajstić information content (AvgIpc) is 3.35. The van der Waals surface area contributed by atoms with E-state index < -0.39 is 58.3 Å². The molecule has 6 aromatic carbocycles. The van der Waals surface area contributed by atoms with Gasteiger partial charge in [0.05, 0.1) is 71.5 Å². The number of hydrogen-bond acceptors (Lipinski definition) is 9. The normalized spacial score (nSPS) is 11.8. The van der Waals surface area contributed by atoms with Crippen LogP contribution in [0.3, 0.4) is 0 Å². The number of methoxy groups -OCH3 is 1. The number of esters is 1. The maximum atomic E-state index is 13.0. The maximum Gasteiger partial charge on any atom is 0.335 e. The molecular formula is C51H40Cl4N6O10. The molecule has 0 aliphatic carbocycles. The quantitative estimate of drug-likeness (QED) is 0.107. The van der Waals surface area contributed by atoms with Gasteiger partial charge in [0.15, 0.2) is 0 Å². The van der Waals surface area contributed by atoms with E-state index in [4.69, 9.17) is 51.1 Å². The van der Waals surface area contributed by atoms with Crippen LogP contribution in [-0.2, 0) is 41.3 Å². The second kappa shape index (κ2) is 21.9. The molecule has 2 aromatic heterocycles. The third-order valence-corrected chi connectivity index (χ3v) is 12.7. The molecule has 2 atom stereocenters. The minimum Gasteiger partial charge on any atom is -0.480 e. The number of rotatable bonds is 12. The molecular weight excluding hydrogens is 998 g/mol. The fraction of sp³-hybridized carbons (Fsp3) is 0.137. The highest BCUT2D eigenvalue weighted by Gasteiger charge is 2.26. The molecule has 362 valence electrons. The Morgan fingerprint density at radius 2 is 0.873 bits per heavy atom. The molecule has 8 rings (SSSR count). The highest BCUT2D eigenvalue weighted by Crippen LogP contribution is 2.26. The van der Waals surface area contributed by atoms with Gasteiger partial charge in [-0.3, -0.25) is 28.3 Å². The lowest BCUT2D eigenvalue weighted by molar-refractivity contribution is -0.143. The Morgan fingerprint density at radius 1 is 0.521 bits per heavy atom. The van der Waals surface area contributed by atoms with Crippen LogP contribution in [-0.4, -0.2) is 66.3 Å². The van der Waals surface area contributed by atoms with Gasteiger partial charge in [0.1, 0.15) is 12.1 Å². The summed E-state index contributed by atoms with van der Waals surface area (Å²) >= 11 is 24.3. The first-order valence-electron chi connectivity index (χ1n) is 21.3. The monoisotopic (exact) mass is 1040 g/mol. The molecule has 16 nitrogen and oxygen atoms in total. The van der Waals surface area contributed by atoms with Gasteiger partial charge in [-0.05, 0) is 83.9 Å². The number of fused-ring (bicyclic) bond motifs is 2. The van der Waals surface area contributed by atoms with Gasteiger partial charge in [-0.1, -0.05) is 107 Å². The number of hydrogen-bond donors (Lipinski definition) is 3. The Hall–Kier alpha value is -7.76. The van der Waals surface area contributed by atoms with Crippen LogP contribution in [0.2, 0.25) is 20.1 Å². The molecule has 0 saturated heterocycles. The van der Waals surface area contributed by atoms with E-state index in [1.165, 1.54) is 40.5 Å². The van der Waals surface area contributed by atoms with E-state index in [1.807, 2.05) is 0 Å². The van der Waals surface area contributed by atoms with Crippen molar-refractivity contribution < 1.29 is 29.0 Å². The van der Waals surface area contributed by atoms with Crippen LogP contribution in [0.4, 0.5) is 0 Å². The topological polar surface area (TPSA) is 210 Å². The molecule has 0 fully saturated rings. The van der Waals surface area contributed by atoms with E-state index in [2.05, 4.69) is 10.6 Å². The number of carboxylic acid groups (broad SMARTS) is 1. The van der Waals surface area contributed by atoms with Gasteiger partial charge in [-0.2, -0.15) is 0 Å². The van der Waals surface area contributed by atoms with E-state index >= 15 is 0 Å². The lowest BCUT2D eigenvalue weighted by Gasteiger charge is -2.18. The van der Waals surface area contributed by atoms with Crippen molar-refractivity contribution in [3.05, 3.63) is 217 Å². The molecule has 0 bridgehead atoms. The Kier molecular flexibility index (Phi) is 15.8. The van der Waals surface area contributed by atoms with Gasteiger partial charge in [0.25, 0.3) is 22.9 Å². The van der Waals surface area contributed by atoms with Crippen molar-refractivity contribution in [2.75, 3.05) is 7.11 Å². The molecule has 8 aromatic rings. The number of aliphatic carboxylic acids is 1. The number of para-hydroxylation sites is 2. The summed E-state index contributed by atoms with van der Waals surface area (Å²) in [6.45, 7) is 0. The zero-order chi connectivity index (χ0) is 51.3. The number of ether oxygens (including phenoxy) is 1. The first-order chi connectivity index (χ1) is 33.9. The van der Waals surface area contributed by atoms with Crippen molar-refractivity contribution in [3.8, 4) is 11.4 Å². The van der Waals surface area contributed by atoms with Gasteiger partial charge >= 0.3 is 23.3 Å². The molecule has 20 heteroatoms. The third-order valence-electron chi connectivity index (χ3n) is 11.4. The van der Waals surface area contributed by atoms with Crippen LogP contribution in [0.15, 0.2) is 153 Å². The zero-order valence-corrected chi connectivity index (χ0v) is 40.7. The standard InChI is InChI=1S/C26H21Cl2N3O5.C25H19Cl2N3O5/c1-30-21-9-4-3-6-17(21)24(33)31(26(30)35)16-12-10-15(11-13-16)14-20(25(34)36-2)29-23(32)22-18(27)7-5-8-19(22)28;1-29-20-8-3-2-5-16(20)23(32)30(25(29)35)15-11-9-14(10-12-15)13-19(24(33)34)28-22(31)21-17(26)6-4-7-18(21)27/h3-13,20H,14H2,1-2H3,(H,29,32);2-12,19H,13H2,1H3,(H,28,31)(H,33,34)/t;19-/m.0/s1. The van der Waals surface area contributed by atoms with Crippen LogP contribution in [0, 0.1) is 0 Å². The summed E-state index contributed by atoms with van der Waals surface area (Å²) in [4.78, 5) is 101. The summed E-state index contributed by atoms with van der Waals surface area (Å²) in [5, 5.41) is 16.0. The summed E-state index contributed by atoms with van der Waals surface area (Å²) in [6.07, 6.45) is 0.0411. The van der Waals surface area contributed by atoms with Gasteiger partial charge in [-0.25, -0.2) is 28.3 Å². The summed E-state index contributed by atoms with van der Waals surface area (Å²) in [6, 6.07) is 33.4. The minimum absolute atomic E-state index is 0.0102. The highest BCUT2D eigenvalue weighted by molar-refractivity contribution is 6.40. The lowest BCUT2D eigenvalue weighted by atomic mass is 10.0. The Balaban J connectivity index is 0.000000209. The molecule has 2 heterocycles. The Labute approximate surface area is 422 Å². The maximum absolute atomic E-state index is 13.0. The second-order valence-corrected chi connectivity index (χ2v) is 17.5. The van der Waals surface area contributed by atoms with Crippen molar-refractivity contribution >= 4 is 92.0 Å². The van der Waals surface area contributed by atoms with Crippen LogP contribution in [0.5, 0.6) is 0 Å². The molecule has 0 saturated carbocycles. The number of carboxylic acids is 1. The second-order valence-electron chi connectivity index (χ2n) is 15.8. The predicted octanol–water partition coefficient (Wildman–Crippen LogP) is 6.93. The molecule has 3 N–H and O–H groups in total. The number of nitrogens with one attached hydrogen (secondary N) is 2. The largest absolute Gasteiger partial charge is 0.480 e. The molecule has 1 unspecified atom stereocenters. The van der Waals surface area contributed by atoms with Crippen molar-refractivity contribution in [3.63, 3.8) is 0 Å². The van der Waals surface area contributed by atoms with E-state index in [1.54, 1.807) is 123 Å². The Morgan fingerprint density at radius 3 is 1.24 bits per heavy atom. The van der Waals surface area contributed by atoms with Crippen molar-refractivity contribution in [2.45, 2.75) is 24.9 Å². The number of aryl methyl sites for hydroxylation is 2. The fourth-order valence-corrected chi connectivity index (χ4v) is 8.87. The third kappa shape index (κ3) is 10.9. The van der Waals surface area contributed by atoms with Gasteiger partial charge in [-0.15, -0.1) is 0 Å². The fourth-order valence-electron chi connectivity index (χ4n) is 7.73. The Bertz CT molecular complexity index is 3610. The van der Waals surface area contributed by atoms with Crippen molar-refractivity contribution in [1.29, 1.82) is 0 Å². The summed E-state index contributed by atoms with van der Waals surface area (Å²) in [5.41, 5.74) is 1.16. The lowest BCUT2D eigenvalue weighted by Crippen LogP contribution is -2.43. The van der Waals surface area contributed by atoms with Crippen LogP contribution in [0.1, 0.15) is 31.8 Å². The van der Waals surface area contributed by atoms with E-state index in [0.29, 0.717) is 44.3 Å². The number of halogens is 4. The van der Waals surface area contributed by atoms with E-state index in [9.17, 15) is 43.5 Å². The van der Waals surface area contributed by atoms with Gasteiger partial charge in [0.2, 0.25) is 0 Å². The molecule has 0 radical (unpaired) electrons. The van der Waals surface area contributed by atoms with Crippen LogP contribution in [0.25, 0.3) is 33.2 Å². The van der Waals surface area contributed by atoms with Crippen molar-refractivity contribution in [2.24, 2.45) is 14.1 Å². The van der Waals surface area contributed by atoms with Crippen molar-refractivity contribution in [1.82, 2.24) is 28.9 Å².